The minimum Gasteiger partial charge on any atom is -0.481 e. The highest BCUT2D eigenvalue weighted by Crippen LogP contribution is 2.55. The number of ether oxygens (including phenoxy) is 1. The summed E-state index contributed by atoms with van der Waals surface area (Å²) in [6.07, 6.45) is 3.64. The number of carboxylic acid groups (broad SMARTS) is 1. The summed E-state index contributed by atoms with van der Waals surface area (Å²) < 4.78 is 5.21. The van der Waals surface area contributed by atoms with Gasteiger partial charge in [0.25, 0.3) is 0 Å². The molecule has 2 fully saturated rings. The molecule has 1 saturated carbocycles. The van der Waals surface area contributed by atoms with Gasteiger partial charge >= 0.3 is 5.97 Å². The normalized spacial score (nSPS) is 28.3. The molecule has 2 aliphatic rings. The number of carboxylic acids is 1. The minimum absolute atomic E-state index is 0.343. The highest BCUT2D eigenvalue weighted by molar-refractivity contribution is 5.78. The van der Waals surface area contributed by atoms with Gasteiger partial charge in [-0.3, -0.25) is 4.79 Å². The van der Waals surface area contributed by atoms with E-state index in [0.29, 0.717) is 5.92 Å². The largest absolute Gasteiger partial charge is 0.481 e. The Kier molecular flexibility index (Phi) is 1.83. The van der Waals surface area contributed by atoms with Gasteiger partial charge in [-0.25, -0.2) is 0 Å². The van der Waals surface area contributed by atoms with Crippen molar-refractivity contribution in [3.63, 3.8) is 0 Å². The van der Waals surface area contributed by atoms with E-state index in [2.05, 4.69) is 0 Å². The van der Waals surface area contributed by atoms with Crippen LogP contribution in [0.5, 0.6) is 0 Å². The lowest BCUT2D eigenvalue weighted by Crippen LogP contribution is -2.30. The van der Waals surface area contributed by atoms with Crippen molar-refractivity contribution in [2.75, 3.05) is 13.2 Å². The van der Waals surface area contributed by atoms with Gasteiger partial charge in [-0.05, 0) is 31.6 Å². The fraction of sp³-hybridized carbons (Fsp3) is 0.889. The lowest BCUT2D eigenvalue weighted by molar-refractivity contribution is -0.147. The maximum absolute atomic E-state index is 10.9. The summed E-state index contributed by atoms with van der Waals surface area (Å²) in [6, 6.07) is 0. The predicted molar refractivity (Wildman–Crippen MR) is 42.8 cm³/mol. The molecular formula is C9H14O3. The van der Waals surface area contributed by atoms with E-state index in [1.54, 1.807) is 0 Å². The average molecular weight is 170 g/mol. The molecule has 0 unspecified atom stereocenters. The smallest absolute Gasteiger partial charge is 0.309 e. The van der Waals surface area contributed by atoms with Crippen LogP contribution in [0.1, 0.15) is 25.7 Å². The lowest BCUT2D eigenvalue weighted by atomic mass is 9.83. The number of rotatable bonds is 2. The summed E-state index contributed by atoms with van der Waals surface area (Å²) in [5.41, 5.74) is -0.343. The molecule has 1 aliphatic carbocycles. The summed E-state index contributed by atoms with van der Waals surface area (Å²) in [5.74, 6) is -0.210. The Hall–Kier alpha value is -0.570. The number of hydrogen-bond acceptors (Lipinski definition) is 2. The van der Waals surface area contributed by atoms with Gasteiger partial charge < -0.3 is 9.84 Å². The SMILES string of the molecule is O=C(O)C1(C2CCOCC2)CC1. The Balaban J connectivity index is 2.02. The first-order chi connectivity index (χ1) is 5.76. The van der Waals surface area contributed by atoms with Crippen LogP contribution in [0.25, 0.3) is 0 Å². The second-order valence-electron chi connectivity index (χ2n) is 3.85. The zero-order chi connectivity index (χ0) is 8.60. The van der Waals surface area contributed by atoms with Crippen molar-refractivity contribution in [1.82, 2.24) is 0 Å². The van der Waals surface area contributed by atoms with Crippen LogP contribution in [0.2, 0.25) is 0 Å². The van der Waals surface area contributed by atoms with Crippen LogP contribution in [0, 0.1) is 11.3 Å². The van der Waals surface area contributed by atoms with Gasteiger partial charge in [0.1, 0.15) is 0 Å². The summed E-state index contributed by atoms with van der Waals surface area (Å²) in [5, 5.41) is 9.02. The molecule has 1 N–H and O–H groups in total. The molecule has 0 aromatic carbocycles. The highest BCUT2D eigenvalue weighted by atomic mass is 16.5. The van der Waals surface area contributed by atoms with Crippen molar-refractivity contribution in [3.05, 3.63) is 0 Å². The maximum atomic E-state index is 10.9. The lowest BCUT2D eigenvalue weighted by Gasteiger charge is -2.27. The van der Waals surface area contributed by atoms with Crippen LogP contribution in [-0.4, -0.2) is 24.3 Å². The summed E-state index contributed by atoms with van der Waals surface area (Å²) in [7, 11) is 0. The van der Waals surface area contributed by atoms with Crippen LogP contribution >= 0.6 is 0 Å². The van der Waals surface area contributed by atoms with Gasteiger partial charge in [0.05, 0.1) is 5.41 Å². The van der Waals surface area contributed by atoms with E-state index in [9.17, 15) is 4.79 Å². The summed E-state index contributed by atoms with van der Waals surface area (Å²) in [4.78, 5) is 10.9. The highest BCUT2D eigenvalue weighted by Gasteiger charge is 2.55. The fourth-order valence-corrected chi connectivity index (χ4v) is 2.18. The van der Waals surface area contributed by atoms with E-state index in [1.165, 1.54) is 0 Å². The molecule has 2 rings (SSSR count). The molecule has 1 aliphatic heterocycles. The van der Waals surface area contributed by atoms with E-state index >= 15 is 0 Å². The Bertz CT molecular complexity index is 190. The molecule has 0 radical (unpaired) electrons. The molecule has 0 aromatic heterocycles. The van der Waals surface area contributed by atoms with Crippen LogP contribution in [-0.2, 0) is 9.53 Å². The van der Waals surface area contributed by atoms with E-state index in [4.69, 9.17) is 9.84 Å². The quantitative estimate of drug-likeness (QED) is 0.679. The van der Waals surface area contributed by atoms with Crippen molar-refractivity contribution >= 4 is 5.97 Å². The van der Waals surface area contributed by atoms with Gasteiger partial charge in [-0.2, -0.15) is 0 Å². The van der Waals surface area contributed by atoms with Crippen LogP contribution in [0.4, 0.5) is 0 Å². The molecule has 0 amide bonds. The molecule has 1 heterocycles. The standard InChI is InChI=1S/C9H14O3/c10-8(11)9(3-4-9)7-1-5-12-6-2-7/h7H,1-6H2,(H,10,11). The Labute approximate surface area is 71.7 Å². The first kappa shape index (κ1) is 8.05. The maximum Gasteiger partial charge on any atom is 0.309 e. The molecule has 0 aromatic rings. The molecule has 3 nitrogen and oxygen atoms in total. The Morgan fingerprint density at radius 3 is 2.33 bits per heavy atom. The fourth-order valence-electron chi connectivity index (χ4n) is 2.18. The van der Waals surface area contributed by atoms with Crippen molar-refractivity contribution in [3.8, 4) is 0 Å². The summed E-state index contributed by atoms with van der Waals surface area (Å²) >= 11 is 0. The van der Waals surface area contributed by atoms with Gasteiger partial charge in [0.15, 0.2) is 0 Å². The molecule has 0 atom stereocenters. The molecule has 0 spiro atoms. The van der Waals surface area contributed by atoms with Crippen molar-refractivity contribution in [1.29, 1.82) is 0 Å². The third-order valence-electron chi connectivity index (χ3n) is 3.22. The third kappa shape index (κ3) is 1.12. The van der Waals surface area contributed by atoms with E-state index in [1.807, 2.05) is 0 Å². The van der Waals surface area contributed by atoms with Crippen LogP contribution < -0.4 is 0 Å². The van der Waals surface area contributed by atoms with Gasteiger partial charge in [-0.15, -0.1) is 0 Å². The first-order valence-electron chi connectivity index (χ1n) is 4.57. The minimum atomic E-state index is -0.589. The van der Waals surface area contributed by atoms with Crippen molar-refractivity contribution in [2.45, 2.75) is 25.7 Å². The predicted octanol–water partition coefficient (Wildman–Crippen LogP) is 1.28. The van der Waals surface area contributed by atoms with Gasteiger partial charge in [-0.1, -0.05) is 0 Å². The molecule has 68 valence electrons. The van der Waals surface area contributed by atoms with E-state index < -0.39 is 5.97 Å². The summed E-state index contributed by atoms with van der Waals surface area (Å²) in [6.45, 7) is 1.50. The zero-order valence-electron chi connectivity index (χ0n) is 7.08. The van der Waals surface area contributed by atoms with Crippen LogP contribution in [0.15, 0.2) is 0 Å². The second-order valence-corrected chi connectivity index (χ2v) is 3.85. The Morgan fingerprint density at radius 2 is 1.92 bits per heavy atom. The number of hydrogen-bond donors (Lipinski definition) is 1. The van der Waals surface area contributed by atoms with E-state index in [-0.39, 0.29) is 5.41 Å². The van der Waals surface area contributed by atoms with Crippen LogP contribution in [0.3, 0.4) is 0 Å². The topological polar surface area (TPSA) is 46.5 Å². The molecule has 1 saturated heterocycles. The van der Waals surface area contributed by atoms with Gasteiger partial charge in [0, 0.05) is 13.2 Å². The van der Waals surface area contributed by atoms with Gasteiger partial charge in [0.2, 0.25) is 0 Å². The number of carbonyl (C=O) groups is 1. The first-order valence-corrected chi connectivity index (χ1v) is 4.57. The molecular weight excluding hydrogens is 156 g/mol. The zero-order valence-corrected chi connectivity index (χ0v) is 7.08. The average Bonchev–Trinajstić information content (AvgIpc) is 2.86. The Morgan fingerprint density at radius 1 is 1.33 bits per heavy atom. The second kappa shape index (κ2) is 2.73. The molecule has 12 heavy (non-hydrogen) atoms. The van der Waals surface area contributed by atoms with Crippen molar-refractivity contribution in [2.24, 2.45) is 11.3 Å². The molecule has 3 heteroatoms. The molecule has 0 bridgehead atoms. The number of aliphatic carboxylic acids is 1. The van der Waals surface area contributed by atoms with E-state index in [0.717, 1.165) is 38.9 Å². The monoisotopic (exact) mass is 170 g/mol. The third-order valence-corrected chi connectivity index (χ3v) is 3.22. The van der Waals surface area contributed by atoms with Crippen molar-refractivity contribution < 1.29 is 14.6 Å².